The number of amides is 2. The molecule has 1 atom stereocenters. The van der Waals surface area contributed by atoms with Crippen molar-refractivity contribution < 1.29 is 9.59 Å². The third-order valence-electron chi connectivity index (χ3n) is 2.28. The van der Waals surface area contributed by atoms with Crippen LogP contribution in [-0.4, -0.2) is 23.6 Å². The standard InChI is InChI=1S/C14H18N2O2S/c1-4-9-15-14(18)10(2)19-13-7-5-12(6-8-13)16-11(3)17/h4-8,10H,1,9H2,2-3H3,(H,15,18)(H,16,17). The van der Waals surface area contributed by atoms with Gasteiger partial charge in [-0.2, -0.15) is 0 Å². The maximum Gasteiger partial charge on any atom is 0.233 e. The topological polar surface area (TPSA) is 58.2 Å². The van der Waals surface area contributed by atoms with E-state index in [2.05, 4.69) is 17.2 Å². The fourth-order valence-corrected chi connectivity index (χ4v) is 2.29. The highest BCUT2D eigenvalue weighted by Crippen LogP contribution is 2.24. The van der Waals surface area contributed by atoms with Gasteiger partial charge in [-0.05, 0) is 31.2 Å². The summed E-state index contributed by atoms with van der Waals surface area (Å²) in [5.41, 5.74) is 0.751. The zero-order valence-electron chi connectivity index (χ0n) is 11.1. The largest absolute Gasteiger partial charge is 0.352 e. The number of nitrogens with one attached hydrogen (secondary N) is 2. The Balaban J connectivity index is 2.54. The van der Waals surface area contributed by atoms with Crippen molar-refractivity contribution in [3.8, 4) is 0 Å². The quantitative estimate of drug-likeness (QED) is 0.620. The van der Waals surface area contributed by atoms with E-state index < -0.39 is 0 Å². The summed E-state index contributed by atoms with van der Waals surface area (Å²) in [6.45, 7) is 7.35. The first kappa shape index (κ1) is 15.3. The number of hydrogen-bond acceptors (Lipinski definition) is 3. The first-order chi connectivity index (χ1) is 9.02. The van der Waals surface area contributed by atoms with E-state index in [0.29, 0.717) is 6.54 Å². The molecule has 5 heteroatoms. The minimum absolute atomic E-state index is 0.0177. The van der Waals surface area contributed by atoms with E-state index in [4.69, 9.17) is 0 Å². The zero-order chi connectivity index (χ0) is 14.3. The first-order valence-corrected chi connectivity index (χ1v) is 6.84. The fraction of sp³-hybridized carbons (Fsp3) is 0.286. The molecule has 0 saturated heterocycles. The maximum atomic E-state index is 11.7. The summed E-state index contributed by atoms with van der Waals surface area (Å²) in [5, 5.41) is 5.28. The number of carbonyl (C=O) groups excluding carboxylic acids is 2. The van der Waals surface area contributed by atoms with E-state index >= 15 is 0 Å². The van der Waals surface area contributed by atoms with Gasteiger partial charge < -0.3 is 10.6 Å². The Bertz CT molecular complexity index is 457. The van der Waals surface area contributed by atoms with Crippen LogP contribution in [0.2, 0.25) is 0 Å². The van der Waals surface area contributed by atoms with Gasteiger partial charge in [-0.3, -0.25) is 9.59 Å². The monoisotopic (exact) mass is 278 g/mol. The molecule has 0 aromatic heterocycles. The third kappa shape index (κ3) is 5.61. The van der Waals surface area contributed by atoms with E-state index in [9.17, 15) is 9.59 Å². The van der Waals surface area contributed by atoms with Gasteiger partial charge >= 0.3 is 0 Å². The molecule has 4 nitrogen and oxygen atoms in total. The highest BCUT2D eigenvalue weighted by Gasteiger charge is 2.13. The van der Waals surface area contributed by atoms with Crippen molar-refractivity contribution in [2.45, 2.75) is 24.0 Å². The minimum Gasteiger partial charge on any atom is -0.352 e. The Morgan fingerprint density at radius 2 is 2.00 bits per heavy atom. The Kier molecular flexibility index (Phi) is 6.15. The van der Waals surface area contributed by atoms with Gasteiger partial charge in [0.05, 0.1) is 5.25 Å². The number of anilines is 1. The summed E-state index contributed by atoms with van der Waals surface area (Å²) in [6.07, 6.45) is 1.65. The minimum atomic E-state index is -0.174. The molecule has 0 saturated carbocycles. The molecule has 0 heterocycles. The molecule has 1 aromatic carbocycles. The molecule has 0 fully saturated rings. The summed E-state index contributed by atoms with van der Waals surface area (Å²) >= 11 is 1.47. The van der Waals surface area contributed by atoms with E-state index in [0.717, 1.165) is 10.6 Å². The zero-order valence-corrected chi connectivity index (χ0v) is 11.9. The number of thioether (sulfide) groups is 1. The highest BCUT2D eigenvalue weighted by molar-refractivity contribution is 8.00. The summed E-state index contributed by atoms with van der Waals surface area (Å²) < 4.78 is 0. The van der Waals surface area contributed by atoms with Gasteiger partial charge in [0.25, 0.3) is 0 Å². The van der Waals surface area contributed by atoms with Crippen molar-refractivity contribution >= 4 is 29.3 Å². The third-order valence-corrected chi connectivity index (χ3v) is 3.39. The molecule has 2 amide bonds. The lowest BCUT2D eigenvalue weighted by molar-refractivity contribution is -0.120. The molecule has 1 unspecified atom stereocenters. The SMILES string of the molecule is C=CCNC(=O)C(C)Sc1ccc(NC(C)=O)cc1. The Labute approximate surface area is 117 Å². The second kappa shape index (κ2) is 7.63. The Hall–Kier alpha value is -1.75. The lowest BCUT2D eigenvalue weighted by atomic mass is 10.3. The smallest absolute Gasteiger partial charge is 0.233 e. The van der Waals surface area contributed by atoms with Crippen molar-refractivity contribution in [2.75, 3.05) is 11.9 Å². The van der Waals surface area contributed by atoms with Gasteiger partial charge in [0, 0.05) is 24.1 Å². The van der Waals surface area contributed by atoms with Crippen LogP contribution in [0.5, 0.6) is 0 Å². The van der Waals surface area contributed by atoms with Crippen LogP contribution in [0.3, 0.4) is 0 Å². The molecule has 0 radical (unpaired) electrons. The lowest BCUT2D eigenvalue weighted by Gasteiger charge is -2.11. The molecule has 0 bridgehead atoms. The van der Waals surface area contributed by atoms with E-state index in [1.165, 1.54) is 18.7 Å². The predicted molar refractivity (Wildman–Crippen MR) is 79.3 cm³/mol. The van der Waals surface area contributed by atoms with Crippen LogP contribution in [0.1, 0.15) is 13.8 Å². The molecular weight excluding hydrogens is 260 g/mol. The summed E-state index contributed by atoms with van der Waals surface area (Å²) in [5.74, 6) is -0.117. The number of benzene rings is 1. The lowest BCUT2D eigenvalue weighted by Crippen LogP contribution is -2.30. The van der Waals surface area contributed by atoms with Gasteiger partial charge in [-0.1, -0.05) is 6.08 Å². The van der Waals surface area contributed by atoms with Crippen LogP contribution in [0.4, 0.5) is 5.69 Å². The molecule has 19 heavy (non-hydrogen) atoms. The molecule has 102 valence electrons. The van der Waals surface area contributed by atoms with Crippen LogP contribution >= 0.6 is 11.8 Å². The van der Waals surface area contributed by atoms with Crippen LogP contribution in [0, 0.1) is 0 Å². The second-order valence-corrected chi connectivity index (χ2v) is 5.41. The Morgan fingerprint density at radius 3 is 2.53 bits per heavy atom. The number of rotatable bonds is 6. The number of hydrogen-bond donors (Lipinski definition) is 2. The van der Waals surface area contributed by atoms with Crippen LogP contribution < -0.4 is 10.6 Å². The van der Waals surface area contributed by atoms with Gasteiger partial charge in [-0.25, -0.2) is 0 Å². The van der Waals surface area contributed by atoms with Crippen LogP contribution in [-0.2, 0) is 9.59 Å². The van der Waals surface area contributed by atoms with Crippen LogP contribution in [0.15, 0.2) is 41.8 Å². The van der Waals surface area contributed by atoms with Gasteiger partial charge in [0.2, 0.25) is 11.8 Å². The molecule has 2 N–H and O–H groups in total. The molecule has 0 aliphatic rings. The van der Waals surface area contributed by atoms with Crippen molar-refractivity contribution in [1.29, 1.82) is 0 Å². The summed E-state index contributed by atoms with van der Waals surface area (Å²) in [4.78, 5) is 23.6. The highest BCUT2D eigenvalue weighted by atomic mass is 32.2. The average molecular weight is 278 g/mol. The van der Waals surface area contributed by atoms with E-state index in [-0.39, 0.29) is 17.1 Å². The van der Waals surface area contributed by atoms with Crippen LogP contribution in [0.25, 0.3) is 0 Å². The van der Waals surface area contributed by atoms with Gasteiger partial charge in [0.1, 0.15) is 0 Å². The van der Waals surface area contributed by atoms with Crippen molar-refractivity contribution in [2.24, 2.45) is 0 Å². The molecule has 1 aromatic rings. The normalized spacial score (nSPS) is 11.5. The molecule has 0 aliphatic carbocycles. The predicted octanol–water partition coefficient (Wildman–Crippen LogP) is 2.43. The first-order valence-electron chi connectivity index (χ1n) is 5.96. The van der Waals surface area contributed by atoms with Gasteiger partial charge in [-0.15, -0.1) is 18.3 Å². The van der Waals surface area contributed by atoms with E-state index in [1.54, 1.807) is 6.08 Å². The molecule has 0 spiro atoms. The van der Waals surface area contributed by atoms with Gasteiger partial charge in [0.15, 0.2) is 0 Å². The molecule has 0 aliphatic heterocycles. The summed E-state index contributed by atoms with van der Waals surface area (Å²) in [7, 11) is 0. The molecular formula is C14H18N2O2S. The Morgan fingerprint density at radius 1 is 1.37 bits per heavy atom. The van der Waals surface area contributed by atoms with E-state index in [1.807, 2.05) is 31.2 Å². The fourth-order valence-electron chi connectivity index (χ4n) is 1.39. The second-order valence-electron chi connectivity index (χ2n) is 4.00. The van der Waals surface area contributed by atoms with Crippen molar-refractivity contribution in [3.63, 3.8) is 0 Å². The summed E-state index contributed by atoms with van der Waals surface area (Å²) in [6, 6.07) is 7.40. The number of carbonyl (C=O) groups is 2. The van der Waals surface area contributed by atoms with Crippen molar-refractivity contribution in [3.05, 3.63) is 36.9 Å². The maximum absolute atomic E-state index is 11.7. The van der Waals surface area contributed by atoms with Crippen molar-refractivity contribution in [1.82, 2.24) is 5.32 Å². The molecule has 1 rings (SSSR count). The average Bonchev–Trinajstić information content (AvgIpc) is 2.37.